The van der Waals surface area contributed by atoms with E-state index in [2.05, 4.69) is 5.32 Å². The summed E-state index contributed by atoms with van der Waals surface area (Å²) in [5.74, 6) is 0.200. The van der Waals surface area contributed by atoms with Crippen LogP contribution >= 0.6 is 11.6 Å². The minimum Gasteiger partial charge on any atom is -0.506 e. The first-order valence-corrected chi connectivity index (χ1v) is 5.11. The summed E-state index contributed by atoms with van der Waals surface area (Å²) < 4.78 is 0. The number of phenols is 1. The van der Waals surface area contributed by atoms with E-state index in [0.29, 0.717) is 11.6 Å². The van der Waals surface area contributed by atoms with Crippen LogP contribution in [0, 0.1) is 0 Å². The fourth-order valence-electron chi connectivity index (χ4n) is 1.24. The van der Waals surface area contributed by atoms with Gasteiger partial charge in [0.1, 0.15) is 5.75 Å². The smallest absolute Gasteiger partial charge is 0.216 e. The average molecular weight is 228 g/mol. The molecule has 1 atom stereocenters. The standard InChI is InChI=1S/C11H14ClNO2/c1-7(6-13-8(2)14)9-3-4-11(15)10(12)5-9/h3-5,7,15H,6H2,1-2H3,(H,13,14). The Balaban J connectivity index is 2.69. The number of hydrogen-bond acceptors (Lipinski definition) is 2. The summed E-state index contributed by atoms with van der Waals surface area (Å²) in [7, 11) is 0. The molecule has 0 fully saturated rings. The van der Waals surface area contributed by atoms with Crippen LogP contribution in [0.25, 0.3) is 0 Å². The third-order valence-corrected chi connectivity index (χ3v) is 2.50. The molecule has 0 aliphatic carbocycles. The Bertz CT molecular complexity index is 366. The fourth-order valence-corrected chi connectivity index (χ4v) is 1.43. The number of rotatable bonds is 3. The molecule has 1 amide bonds. The van der Waals surface area contributed by atoms with Gasteiger partial charge >= 0.3 is 0 Å². The van der Waals surface area contributed by atoms with Gasteiger partial charge in [-0.25, -0.2) is 0 Å². The first-order chi connectivity index (χ1) is 7.00. The molecule has 0 aromatic heterocycles. The molecule has 0 aliphatic heterocycles. The van der Waals surface area contributed by atoms with Gasteiger partial charge in [0.05, 0.1) is 5.02 Å². The topological polar surface area (TPSA) is 49.3 Å². The van der Waals surface area contributed by atoms with Crippen molar-refractivity contribution >= 4 is 17.5 Å². The van der Waals surface area contributed by atoms with Crippen molar-refractivity contribution < 1.29 is 9.90 Å². The van der Waals surface area contributed by atoms with Crippen LogP contribution in [0.15, 0.2) is 18.2 Å². The number of carbonyl (C=O) groups is 1. The van der Waals surface area contributed by atoms with Crippen molar-refractivity contribution in [1.29, 1.82) is 0 Å². The molecule has 3 nitrogen and oxygen atoms in total. The lowest BCUT2D eigenvalue weighted by molar-refractivity contribution is -0.119. The summed E-state index contributed by atoms with van der Waals surface area (Å²) >= 11 is 5.78. The number of nitrogens with one attached hydrogen (secondary N) is 1. The molecule has 15 heavy (non-hydrogen) atoms. The molecule has 1 aromatic rings. The summed E-state index contributed by atoms with van der Waals surface area (Å²) in [5, 5.41) is 12.3. The molecule has 0 saturated carbocycles. The molecule has 0 saturated heterocycles. The Morgan fingerprint density at radius 3 is 2.80 bits per heavy atom. The van der Waals surface area contributed by atoms with Crippen LogP contribution in [0.2, 0.25) is 5.02 Å². The predicted octanol–water partition coefficient (Wildman–Crippen LogP) is 2.29. The Kier molecular flexibility index (Phi) is 3.97. The van der Waals surface area contributed by atoms with Gasteiger partial charge in [0, 0.05) is 13.5 Å². The monoisotopic (exact) mass is 227 g/mol. The van der Waals surface area contributed by atoms with E-state index in [1.54, 1.807) is 18.2 Å². The molecule has 82 valence electrons. The van der Waals surface area contributed by atoms with E-state index in [4.69, 9.17) is 11.6 Å². The van der Waals surface area contributed by atoms with Crippen molar-refractivity contribution in [1.82, 2.24) is 5.32 Å². The predicted molar refractivity (Wildman–Crippen MR) is 60.2 cm³/mol. The minimum atomic E-state index is -0.0493. The van der Waals surface area contributed by atoms with E-state index >= 15 is 0 Å². The van der Waals surface area contributed by atoms with Crippen molar-refractivity contribution in [2.75, 3.05) is 6.54 Å². The highest BCUT2D eigenvalue weighted by molar-refractivity contribution is 6.32. The van der Waals surface area contributed by atoms with Gasteiger partial charge in [-0.15, -0.1) is 0 Å². The highest BCUT2D eigenvalue weighted by atomic mass is 35.5. The molecule has 4 heteroatoms. The molecular weight excluding hydrogens is 214 g/mol. The molecule has 0 bridgehead atoms. The molecular formula is C11H14ClNO2. The van der Waals surface area contributed by atoms with E-state index < -0.39 is 0 Å². The van der Waals surface area contributed by atoms with E-state index in [0.717, 1.165) is 5.56 Å². The summed E-state index contributed by atoms with van der Waals surface area (Å²) in [6.45, 7) is 4.03. The van der Waals surface area contributed by atoms with Gasteiger partial charge in [0.25, 0.3) is 0 Å². The van der Waals surface area contributed by atoms with E-state index in [1.807, 2.05) is 6.92 Å². The van der Waals surface area contributed by atoms with Crippen LogP contribution in [-0.4, -0.2) is 17.6 Å². The summed E-state index contributed by atoms with van der Waals surface area (Å²) in [6.07, 6.45) is 0. The number of benzene rings is 1. The Morgan fingerprint density at radius 2 is 2.27 bits per heavy atom. The number of carbonyl (C=O) groups excluding carboxylic acids is 1. The van der Waals surface area contributed by atoms with Gasteiger partial charge in [-0.3, -0.25) is 4.79 Å². The quantitative estimate of drug-likeness (QED) is 0.833. The lowest BCUT2D eigenvalue weighted by Crippen LogP contribution is -2.24. The van der Waals surface area contributed by atoms with E-state index in [1.165, 1.54) is 6.92 Å². The number of hydrogen-bond donors (Lipinski definition) is 2. The largest absolute Gasteiger partial charge is 0.506 e. The molecule has 1 rings (SSSR count). The second kappa shape index (κ2) is 5.03. The summed E-state index contributed by atoms with van der Waals surface area (Å²) in [4.78, 5) is 10.7. The zero-order valence-electron chi connectivity index (χ0n) is 8.75. The molecule has 0 radical (unpaired) electrons. The van der Waals surface area contributed by atoms with Gasteiger partial charge in [0.2, 0.25) is 5.91 Å². The Labute approximate surface area is 94.1 Å². The maximum Gasteiger partial charge on any atom is 0.216 e. The van der Waals surface area contributed by atoms with E-state index in [9.17, 15) is 9.90 Å². The second-order valence-corrected chi connectivity index (χ2v) is 3.96. The SMILES string of the molecule is CC(=O)NCC(C)c1ccc(O)c(Cl)c1. The molecule has 0 heterocycles. The average Bonchev–Trinajstić information content (AvgIpc) is 2.18. The van der Waals surface area contributed by atoms with Gasteiger partial charge in [-0.2, -0.15) is 0 Å². The van der Waals surface area contributed by atoms with Crippen molar-refractivity contribution in [2.24, 2.45) is 0 Å². The van der Waals surface area contributed by atoms with Crippen LogP contribution in [-0.2, 0) is 4.79 Å². The van der Waals surface area contributed by atoms with Crippen LogP contribution in [0.4, 0.5) is 0 Å². The van der Waals surface area contributed by atoms with Gasteiger partial charge in [0.15, 0.2) is 0 Å². The third-order valence-electron chi connectivity index (χ3n) is 2.20. The van der Waals surface area contributed by atoms with Crippen molar-refractivity contribution in [3.63, 3.8) is 0 Å². The van der Waals surface area contributed by atoms with Gasteiger partial charge < -0.3 is 10.4 Å². The molecule has 0 spiro atoms. The Morgan fingerprint density at radius 1 is 1.60 bits per heavy atom. The highest BCUT2D eigenvalue weighted by Crippen LogP contribution is 2.26. The summed E-state index contributed by atoms with van der Waals surface area (Å²) in [6, 6.07) is 5.07. The highest BCUT2D eigenvalue weighted by Gasteiger charge is 2.08. The zero-order valence-corrected chi connectivity index (χ0v) is 9.51. The van der Waals surface area contributed by atoms with Crippen molar-refractivity contribution in [2.45, 2.75) is 19.8 Å². The minimum absolute atomic E-state index is 0.0493. The lowest BCUT2D eigenvalue weighted by Gasteiger charge is -2.12. The third kappa shape index (κ3) is 3.44. The maximum absolute atomic E-state index is 10.7. The Hall–Kier alpha value is -1.22. The fraction of sp³-hybridized carbons (Fsp3) is 0.364. The number of aromatic hydroxyl groups is 1. The lowest BCUT2D eigenvalue weighted by atomic mass is 10.0. The van der Waals surface area contributed by atoms with Gasteiger partial charge in [-0.1, -0.05) is 24.6 Å². The van der Waals surface area contributed by atoms with Gasteiger partial charge in [-0.05, 0) is 23.6 Å². The number of amides is 1. The molecule has 1 unspecified atom stereocenters. The normalized spacial score (nSPS) is 12.2. The van der Waals surface area contributed by atoms with Crippen molar-refractivity contribution in [3.05, 3.63) is 28.8 Å². The summed E-state index contributed by atoms with van der Waals surface area (Å²) in [5.41, 5.74) is 0.992. The van der Waals surface area contributed by atoms with E-state index in [-0.39, 0.29) is 17.6 Å². The first kappa shape index (κ1) is 11.9. The van der Waals surface area contributed by atoms with Crippen LogP contribution in [0.5, 0.6) is 5.75 Å². The van der Waals surface area contributed by atoms with Crippen LogP contribution < -0.4 is 5.32 Å². The first-order valence-electron chi connectivity index (χ1n) is 4.73. The maximum atomic E-state index is 10.7. The zero-order chi connectivity index (χ0) is 11.4. The molecule has 2 N–H and O–H groups in total. The number of phenolic OH excluding ortho intramolecular Hbond substituents is 1. The second-order valence-electron chi connectivity index (χ2n) is 3.55. The van der Waals surface area contributed by atoms with Crippen LogP contribution in [0.3, 0.4) is 0 Å². The van der Waals surface area contributed by atoms with Crippen LogP contribution in [0.1, 0.15) is 25.3 Å². The van der Waals surface area contributed by atoms with Crippen molar-refractivity contribution in [3.8, 4) is 5.75 Å². The molecule has 1 aromatic carbocycles. The molecule has 0 aliphatic rings. The number of halogens is 1.